The molecule has 2 aliphatic rings. The van der Waals surface area contributed by atoms with Gasteiger partial charge in [0.2, 0.25) is 5.95 Å². The molecule has 0 radical (unpaired) electrons. The summed E-state index contributed by atoms with van der Waals surface area (Å²) >= 11 is 0. The van der Waals surface area contributed by atoms with Crippen LogP contribution in [-0.4, -0.2) is 43.3 Å². The van der Waals surface area contributed by atoms with Gasteiger partial charge in [-0.1, -0.05) is 0 Å². The normalized spacial score (nSPS) is 18.2. The molecule has 2 fully saturated rings. The summed E-state index contributed by atoms with van der Waals surface area (Å²) in [5.41, 5.74) is -0.111. The van der Waals surface area contributed by atoms with Gasteiger partial charge in [-0.25, -0.2) is 9.37 Å². The molecule has 1 aliphatic heterocycles. The molecule has 26 heavy (non-hydrogen) atoms. The van der Waals surface area contributed by atoms with Crippen LogP contribution in [0, 0.1) is 17.7 Å². The van der Waals surface area contributed by atoms with E-state index < -0.39 is 11.4 Å². The van der Waals surface area contributed by atoms with E-state index in [1.807, 2.05) is 11.9 Å². The van der Waals surface area contributed by atoms with Crippen LogP contribution in [0.25, 0.3) is 10.9 Å². The first-order chi connectivity index (χ1) is 12.6. The quantitative estimate of drug-likeness (QED) is 0.827. The van der Waals surface area contributed by atoms with Gasteiger partial charge in [0.25, 0.3) is 5.56 Å². The molecule has 0 bridgehead atoms. The van der Waals surface area contributed by atoms with Crippen molar-refractivity contribution in [1.82, 2.24) is 15.3 Å². The fourth-order valence-electron chi connectivity index (χ4n) is 3.49. The first-order valence-electron chi connectivity index (χ1n) is 9.38. The number of hydrogen-bond acceptors (Lipinski definition) is 5. The number of aromatic nitrogens is 2. The number of ether oxygens (including phenoxy) is 1. The Kier molecular flexibility index (Phi) is 4.80. The number of H-pyrrole nitrogens is 1. The summed E-state index contributed by atoms with van der Waals surface area (Å²) < 4.78 is 20.1. The van der Waals surface area contributed by atoms with E-state index >= 15 is 0 Å². The van der Waals surface area contributed by atoms with Gasteiger partial charge in [-0.2, -0.15) is 0 Å². The minimum Gasteiger partial charge on any atom is -0.493 e. The molecule has 2 heterocycles. The molecule has 0 atom stereocenters. The third-order valence-electron chi connectivity index (χ3n) is 5.26. The number of piperidine rings is 1. The molecule has 1 saturated heterocycles. The molecule has 0 spiro atoms. The second-order valence-electron chi connectivity index (χ2n) is 7.52. The molecule has 1 aliphatic carbocycles. The Labute approximate surface area is 151 Å². The Morgan fingerprint density at radius 2 is 2.00 bits per heavy atom. The van der Waals surface area contributed by atoms with Gasteiger partial charge in [0.15, 0.2) is 0 Å². The van der Waals surface area contributed by atoms with Crippen LogP contribution in [0.1, 0.15) is 25.7 Å². The molecule has 1 aromatic heterocycles. The summed E-state index contributed by atoms with van der Waals surface area (Å²) in [6.45, 7) is 3.45. The van der Waals surface area contributed by atoms with Crippen LogP contribution in [0.3, 0.4) is 0 Å². The van der Waals surface area contributed by atoms with Gasteiger partial charge in [-0.05, 0) is 50.6 Å². The smallest absolute Gasteiger partial charge is 0.263 e. The topological polar surface area (TPSA) is 70.2 Å². The van der Waals surface area contributed by atoms with E-state index in [9.17, 15) is 9.18 Å². The van der Waals surface area contributed by atoms with Crippen molar-refractivity contribution in [3.05, 3.63) is 28.3 Å². The number of aromatic amines is 1. The van der Waals surface area contributed by atoms with Crippen molar-refractivity contribution >= 4 is 16.9 Å². The molecule has 6 nitrogen and oxygen atoms in total. The summed E-state index contributed by atoms with van der Waals surface area (Å²) in [6.07, 6.45) is 4.55. The molecule has 1 aromatic carbocycles. The van der Waals surface area contributed by atoms with Crippen LogP contribution in [-0.2, 0) is 0 Å². The van der Waals surface area contributed by atoms with Gasteiger partial charge in [0.05, 0.1) is 12.1 Å². The number of hydrogen-bond donors (Lipinski definition) is 2. The molecular formula is C19H25FN4O2. The zero-order valence-corrected chi connectivity index (χ0v) is 15.1. The number of anilines is 1. The number of halogens is 1. The lowest BCUT2D eigenvalue weighted by Gasteiger charge is -2.27. The third-order valence-corrected chi connectivity index (χ3v) is 5.26. The Morgan fingerprint density at radius 1 is 1.23 bits per heavy atom. The van der Waals surface area contributed by atoms with E-state index in [1.54, 1.807) is 6.07 Å². The minimum atomic E-state index is -0.588. The summed E-state index contributed by atoms with van der Waals surface area (Å²) in [7, 11) is 1.91. The predicted octanol–water partition coefficient (Wildman–Crippen LogP) is 2.29. The van der Waals surface area contributed by atoms with Crippen molar-refractivity contribution in [2.45, 2.75) is 25.7 Å². The maximum Gasteiger partial charge on any atom is 0.263 e. The highest BCUT2D eigenvalue weighted by atomic mass is 19.1. The zero-order valence-electron chi connectivity index (χ0n) is 15.1. The lowest BCUT2D eigenvalue weighted by molar-refractivity contribution is 0.299. The van der Waals surface area contributed by atoms with Gasteiger partial charge in [-0.3, -0.25) is 9.78 Å². The molecule has 2 N–H and O–H groups in total. The van der Waals surface area contributed by atoms with Crippen molar-refractivity contribution in [3.63, 3.8) is 0 Å². The largest absolute Gasteiger partial charge is 0.493 e. The van der Waals surface area contributed by atoms with Gasteiger partial charge < -0.3 is 15.0 Å². The Morgan fingerprint density at radius 3 is 2.73 bits per heavy atom. The lowest BCUT2D eigenvalue weighted by atomic mass is 9.98. The molecular weight excluding hydrogens is 335 g/mol. The number of nitrogens with zero attached hydrogens (tertiary/aromatic N) is 2. The van der Waals surface area contributed by atoms with Gasteiger partial charge >= 0.3 is 0 Å². The maximum atomic E-state index is 14.4. The average Bonchev–Trinajstić information content (AvgIpc) is 3.44. The third kappa shape index (κ3) is 3.82. The Bertz CT molecular complexity index is 843. The number of rotatable bonds is 6. The number of fused-ring (bicyclic) bond motifs is 1. The Balaban J connectivity index is 1.59. The highest BCUT2D eigenvalue weighted by molar-refractivity contribution is 5.80. The highest BCUT2D eigenvalue weighted by Crippen LogP contribution is 2.30. The Hall–Kier alpha value is -2.15. The fourth-order valence-corrected chi connectivity index (χ4v) is 3.49. The zero-order chi connectivity index (χ0) is 18.1. The minimum absolute atomic E-state index is 0.0113. The second-order valence-corrected chi connectivity index (χ2v) is 7.52. The summed E-state index contributed by atoms with van der Waals surface area (Å²) in [6, 6.07) is 2.94. The van der Waals surface area contributed by atoms with Crippen LogP contribution in [0.5, 0.6) is 5.75 Å². The molecule has 1 saturated carbocycles. The molecule has 0 unspecified atom stereocenters. The van der Waals surface area contributed by atoms with Gasteiger partial charge in [0, 0.05) is 25.7 Å². The van der Waals surface area contributed by atoms with E-state index in [0.29, 0.717) is 35.7 Å². The van der Waals surface area contributed by atoms with E-state index in [1.165, 1.54) is 18.9 Å². The predicted molar refractivity (Wildman–Crippen MR) is 99.4 cm³/mol. The molecule has 140 valence electrons. The first kappa shape index (κ1) is 17.3. The van der Waals surface area contributed by atoms with E-state index in [2.05, 4.69) is 15.3 Å². The highest BCUT2D eigenvalue weighted by Gasteiger charge is 2.22. The van der Waals surface area contributed by atoms with Gasteiger partial charge in [0.1, 0.15) is 17.0 Å². The molecule has 4 rings (SSSR count). The van der Waals surface area contributed by atoms with E-state index in [4.69, 9.17) is 4.74 Å². The number of nitrogens with one attached hydrogen (secondary N) is 2. The van der Waals surface area contributed by atoms with Gasteiger partial charge in [-0.15, -0.1) is 0 Å². The number of benzene rings is 1. The van der Waals surface area contributed by atoms with Crippen LogP contribution in [0.2, 0.25) is 0 Å². The molecule has 2 aromatic rings. The van der Waals surface area contributed by atoms with Crippen LogP contribution in [0.15, 0.2) is 16.9 Å². The second kappa shape index (κ2) is 7.23. The molecule has 7 heteroatoms. The summed E-state index contributed by atoms with van der Waals surface area (Å²) in [5, 5.41) is 3.34. The summed E-state index contributed by atoms with van der Waals surface area (Å²) in [5.74, 6) is 1.46. The molecule has 0 amide bonds. The van der Waals surface area contributed by atoms with E-state index in [-0.39, 0.29) is 5.39 Å². The lowest BCUT2D eigenvalue weighted by Crippen LogP contribution is -2.35. The standard InChI is InChI=1S/C19H25FN4O2/c1-24(10-12-4-6-21-7-5-12)19-22-16-9-14(26-11-13-2-3-13)8-15(20)17(16)18(25)23-19/h8-9,12-13,21H,2-7,10-11H2,1H3,(H,22,23,25). The fraction of sp³-hybridized carbons (Fsp3) is 0.579. The van der Waals surface area contributed by atoms with Crippen LogP contribution in [0.4, 0.5) is 10.3 Å². The first-order valence-corrected chi connectivity index (χ1v) is 9.38. The van der Waals surface area contributed by atoms with Crippen molar-refractivity contribution < 1.29 is 9.13 Å². The van der Waals surface area contributed by atoms with Crippen molar-refractivity contribution in [3.8, 4) is 5.75 Å². The monoisotopic (exact) mass is 360 g/mol. The van der Waals surface area contributed by atoms with Crippen molar-refractivity contribution in [1.29, 1.82) is 0 Å². The summed E-state index contributed by atoms with van der Waals surface area (Å²) in [4.78, 5) is 21.6. The van der Waals surface area contributed by atoms with Crippen LogP contribution >= 0.6 is 0 Å². The average molecular weight is 360 g/mol. The van der Waals surface area contributed by atoms with Crippen molar-refractivity contribution in [2.24, 2.45) is 11.8 Å². The maximum absolute atomic E-state index is 14.4. The van der Waals surface area contributed by atoms with E-state index in [0.717, 1.165) is 32.5 Å². The SMILES string of the molecule is CN(CC1CCNCC1)c1nc2cc(OCC3CC3)cc(F)c2c(=O)[nH]1. The van der Waals surface area contributed by atoms with Crippen molar-refractivity contribution in [2.75, 3.05) is 38.2 Å². The van der Waals surface area contributed by atoms with Crippen LogP contribution < -0.4 is 20.5 Å².